The van der Waals surface area contributed by atoms with Gasteiger partial charge in [-0.15, -0.1) is 0 Å². The van der Waals surface area contributed by atoms with Crippen molar-refractivity contribution in [3.63, 3.8) is 0 Å². The lowest BCUT2D eigenvalue weighted by molar-refractivity contribution is -0.138. The van der Waals surface area contributed by atoms with Gasteiger partial charge in [0.1, 0.15) is 25.6 Å². The minimum Gasteiger partial charge on any atom is -0.490 e. The Morgan fingerprint density at radius 2 is 1.79 bits per heavy atom. The summed E-state index contributed by atoms with van der Waals surface area (Å²) in [6.45, 7) is 9.90. The van der Waals surface area contributed by atoms with Crippen LogP contribution in [0.5, 0.6) is 5.75 Å². The number of rotatable bonds is 9. The summed E-state index contributed by atoms with van der Waals surface area (Å²) in [5.41, 5.74) is 1.56. The van der Waals surface area contributed by atoms with Crippen molar-refractivity contribution in [3.05, 3.63) is 42.0 Å². The molecule has 0 spiro atoms. The zero-order valence-corrected chi connectivity index (χ0v) is 14.5. The SMILES string of the molecule is C=C(C)C(=O)OCCNC(=O)OCCOc1ccc(C(C)C)cc1.[HH]. The van der Waals surface area contributed by atoms with Crippen LogP contribution in [0.15, 0.2) is 36.4 Å². The maximum absolute atomic E-state index is 11.4. The Labute approximate surface area is 144 Å². The number of nitrogens with one attached hydrogen (secondary N) is 1. The fourth-order valence-electron chi connectivity index (χ4n) is 1.71. The van der Waals surface area contributed by atoms with E-state index in [-0.39, 0.29) is 27.8 Å². The molecule has 1 aromatic rings. The molecule has 0 heterocycles. The minimum absolute atomic E-state index is 0. The summed E-state index contributed by atoms with van der Waals surface area (Å²) in [6.07, 6.45) is -0.583. The average molecular weight is 337 g/mol. The Morgan fingerprint density at radius 3 is 2.38 bits per heavy atom. The van der Waals surface area contributed by atoms with Gasteiger partial charge in [0.25, 0.3) is 0 Å². The maximum atomic E-state index is 11.4. The van der Waals surface area contributed by atoms with E-state index in [1.165, 1.54) is 5.56 Å². The molecule has 0 fully saturated rings. The highest BCUT2D eigenvalue weighted by Crippen LogP contribution is 2.18. The summed E-state index contributed by atoms with van der Waals surface area (Å²) < 4.78 is 15.3. The van der Waals surface area contributed by atoms with Gasteiger partial charge in [-0.25, -0.2) is 9.59 Å². The minimum atomic E-state index is -0.583. The van der Waals surface area contributed by atoms with Gasteiger partial charge in [0.15, 0.2) is 0 Å². The highest BCUT2D eigenvalue weighted by molar-refractivity contribution is 5.86. The molecule has 1 aromatic carbocycles. The van der Waals surface area contributed by atoms with Gasteiger partial charge in [-0.3, -0.25) is 0 Å². The van der Waals surface area contributed by atoms with E-state index in [1.54, 1.807) is 6.92 Å². The summed E-state index contributed by atoms with van der Waals surface area (Å²) in [7, 11) is 0. The maximum Gasteiger partial charge on any atom is 0.407 e. The Morgan fingerprint density at radius 1 is 1.12 bits per heavy atom. The predicted molar refractivity (Wildman–Crippen MR) is 93.3 cm³/mol. The highest BCUT2D eigenvalue weighted by atomic mass is 16.6. The van der Waals surface area contributed by atoms with Gasteiger partial charge in [0, 0.05) is 7.00 Å². The first-order valence-electron chi connectivity index (χ1n) is 7.86. The van der Waals surface area contributed by atoms with Crippen molar-refractivity contribution in [2.75, 3.05) is 26.4 Å². The summed E-state index contributed by atoms with van der Waals surface area (Å²) >= 11 is 0. The van der Waals surface area contributed by atoms with E-state index in [0.29, 0.717) is 11.5 Å². The van der Waals surface area contributed by atoms with Gasteiger partial charge in [0.2, 0.25) is 0 Å². The van der Waals surface area contributed by atoms with Gasteiger partial charge >= 0.3 is 12.1 Å². The predicted octanol–water partition coefficient (Wildman–Crippen LogP) is 3.28. The third kappa shape index (κ3) is 7.67. The zero-order chi connectivity index (χ0) is 17.9. The molecule has 0 aromatic heterocycles. The Balaban J connectivity index is 0.00000576. The summed E-state index contributed by atoms with van der Waals surface area (Å²) in [5.74, 6) is 0.720. The van der Waals surface area contributed by atoms with Gasteiger partial charge in [-0.05, 0) is 30.5 Å². The second-order valence-corrected chi connectivity index (χ2v) is 5.55. The van der Waals surface area contributed by atoms with Crippen molar-refractivity contribution < 1.29 is 25.2 Å². The summed E-state index contributed by atoms with van der Waals surface area (Å²) in [6, 6.07) is 7.82. The van der Waals surface area contributed by atoms with Crippen molar-refractivity contribution in [1.29, 1.82) is 0 Å². The number of carbonyl (C=O) groups excluding carboxylic acids is 2. The fourth-order valence-corrected chi connectivity index (χ4v) is 1.71. The van der Waals surface area contributed by atoms with E-state index in [9.17, 15) is 9.59 Å². The molecule has 0 bridgehead atoms. The lowest BCUT2D eigenvalue weighted by Crippen LogP contribution is -2.29. The van der Waals surface area contributed by atoms with Gasteiger partial charge < -0.3 is 19.5 Å². The van der Waals surface area contributed by atoms with Gasteiger partial charge in [-0.1, -0.05) is 32.6 Å². The van der Waals surface area contributed by atoms with E-state index in [0.717, 1.165) is 5.75 Å². The molecule has 0 saturated heterocycles. The van der Waals surface area contributed by atoms with E-state index in [2.05, 4.69) is 25.7 Å². The van der Waals surface area contributed by atoms with Crippen LogP contribution in [0.1, 0.15) is 33.7 Å². The smallest absolute Gasteiger partial charge is 0.407 e. The molecule has 0 atom stereocenters. The Bertz CT molecular complexity index is 557. The van der Waals surface area contributed by atoms with Crippen molar-refractivity contribution in [2.24, 2.45) is 0 Å². The van der Waals surface area contributed by atoms with Crippen LogP contribution in [0, 0.1) is 0 Å². The third-order valence-corrected chi connectivity index (χ3v) is 3.09. The van der Waals surface area contributed by atoms with Crippen LogP contribution >= 0.6 is 0 Å². The molecule has 1 rings (SSSR count). The van der Waals surface area contributed by atoms with Crippen LogP contribution in [0.25, 0.3) is 0 Å². The third-order valence-electron chi connectivity index (χ3n) is 3.09. The molecule has 6 nitrogen and oxygen atoms in total. The number of hydrogen-bond acceptors (Lipinski definition) is 5. The number of carbonyl (C=O) groups is 2. The van der Waals surface area contributed by atoms with Gasteiger partial charge in [-0.2, -0.15) is 0 Å². The molecular formula is C18H27NO5. The standard InChI is InChI=1S/C18H25NO5.H2/c1-13(2)15-5-7-16(8-6-15)22-11-12-24-18(21)19-9-10-23-17(20)14(3)4;/h5-8,13H,3,9-12H2,1-2,4H3,(H,19,21);1H. The van der Waals surface area contributed by atoms with E-state index in [1.807, 2.05) is 24.3 Å². The summed E-state index contributed by atoms with van der Waals surface area (Å²) in [4.78, 5) is 22.5. The van der Waals surface area contributed by atoms with Crippen molar-refractivity contribution >= 4 is 12.1 Å². The van der Waals surface area contributed by atoms with Crippen molar-refractivity contribution in [2.45, 2.75) is 26.7 Å². The van der Waals surface area contributed by atoms with Crippen LogP contribution in [0.2, 0.25) is 0 Å². The Hall–Kier alpha value is -2.50. The zero-order valence-electron chi connectivity index (χ0n) is 14.5. The van der Waals surface area contributed by atoms with E-state index >= 15 is 0 Å². The molecule has 1 N–H and O–H groups in total. The van der Waals surface area contributed by atoms with Crippen LogP contribution in [-0.2, 0) is 14.3 Å². The number of esters is 1. The molecular weight excluding hydrogens is 310 g/mol. The largest absolute Gasteiger partial charge is 0.490 e. The molecule has 0 radical (unpaired) electrons. The van der Waals surface area contributed by atoms with Crippen LogP contribution in [0.4, 0.5) is 4.79 Å². The Kier molecular flexibility index (Phi) is 8.39. The quantitative estimate of drug-likeness (QED) is 0.425. The highest BCUT2D eigenvalue weighted by Gasteiger charge is 2.05. The lowest BCUT2D eigenvalue weighted by Gasteiger charge is -2.10. The monoisotopic (exact) mass is 337 g/mol. The average Bonchev–Trinajstić information content (AvgIpc) is 2.55. The van der Waals surface area contributed by atoms with E-state index < -0.39 is 12.1 Å². The molecule has 0 aliphatic carbocycles. The molecule has 0 aliphatic rings. The molecule has 1 amide bonds. The molecule has 0 unspecified atom stereocenters. The number of amides is 1. The molecule has 24 heavy (non-hydrogen) atoms. The molecule has 0 saturated carbocycles. The lowest BCUT2D eigenvalue weighted by atomic mass is 10.0. The van der Waals surface area contributed by atoms with Crippen LogP contribution in [0.3, 0.4) is 0 Å². The first-order chi connectivity index (χ1) is 11.4. The normalized spacial score (nSPS) is 10.2. The second kappa shape index (κ2) is 10.3. The number of hydrogen-bond donors (Lipinski definition) is 1. The molecule has 134 valence electrons. The molecule has 6 heteroatoms. The number of ether oxygens (including phenoxy) is 3. The number of alkyl carbamates (subject to hydrolysis) is 1. The molecule has 0 aliphatic heterocycles. The van der Waals surface area contributed by atoms with Crippen LogP contribution in [-0.4, -0.2) is 38.4 Å². The first-order valence-corrected chi connectivity index (χ1v) is 7.86. The van der Waals surface area contributed by atoms with Crippen molar-refractivity contribution in [1.82, 2.24) is 5.32 Å². The fraction of sp³-hybridized carbons (Fsp3) is 0.444. The first kappa shape index (κ1) is 19.5. The van der Waals surface area contributed by atoms with Crippen LogP contribution < -0.4 is 10.1 Å². The summed E-state index contributed by atoms with van der Waals surface area (Å²) in [5, 5.41) is 2.47. The second-order valence-electron chi connectivity index (χ2n) is 5.55. The number of benzene rings is 1. The van der Waals surface area contributed by atoms with E-state index in [4.69, 9.17) is 14.2 Å². The van der Waals surface area contributed by atoms with Crippen molar-refractivity contribution in [3.8, 4) is 5.75 Å². The topological polar surface area (TPSA) is 73.9 Å². The van der Waals surface area contributed by atoms with Gasteiger partial charge in [0.05, 0.1) is 6.54 Å².